The van der Waals surface area contributed by atoms with E-state index in [0.717, 1.165) is 45.3 Å². The first-order valence-corrected chi connectivity index (χ1v) is 6.66. The van der Waals surface area contributed by atoms with Crippen LogP contribution in [0.15, 0.2) is 0 Å². The fourth-order valence-corrected chi connectivity index (χ4v) is 2.39. The Bertz CT molecular complexity index is 177. The van der Waals surface area contributed by atoms with E-state index in [1.54, 1.807) is 0 Å². The number of ether oxygens (including phenoxy) is 1. The molecule has 0 saturated carbocycles. The maximum absolute atomic E-state index is 5.42. The van der Waals surface area contributed by atoms with E-state index < -0.39 is 0 Å². The number of likely N-dealkylation sites (N-methyl/N-ethyl adjacent to an activating group) is 1. The first-order chi connectivity index (χ1) is 7.67. The van der Waals surface area contributed by atoms with E-state index >= 15 is 0 Å². The standard InChI is InChI=1S/C13H28N2O/c1-4-14-7-8-15-11-13(2,3)12-5-9-16-10-6-12/h12,14-15H,4-11H2,1-3H3. The molecule has 0 radical (unpaired) electrons. The zero-order chi connectivity index (χ0) is 11.9. The SMILES string of the molecule is CCNCCNCC(C)(C)C1CCOCC1. The van der Waals surface area contributed by atoms with Gasteiger partial charge in [-0.25, -0.2) is 0 Å². The first-order valence-electron chi connectivity index (χ1n) is 6.66. The third-order valence-electron chi connectivity index (χ3n) is 3.64. The molecule has 96 valence electrons. The van der Waals surface area contributed by atoms with Crippen molar-refractivity contribution in [2.75, 3.05) is 39.4 Å². The van der Waals surface area contributed by atoms with Crippen LogP contribution in [0, 0.1) is 11.3 Å². The molecule has 3 nitrogen and oxygen atoms in total. The zero-order valence-electron chi connectivity index (χ0n) is 11.1. The lowest BCUT2D eigenvalue weighted by atomic mass is 9.74. The van der Waals surface area contributed by atoms with E-state index in [2.05, 4.69) is 31.4 Å². The number of hydrogen-bond acceptors (Lipinski definition) is 3. The van der Waals surface area contributed by atoms with Crippen molar-refractivity contribution < 1.29 is 4.74 Å². The summed E-state index contributed by atoms with van der Waals surface area (Å²) in [5, 5.41) is 6.89. The average molecular weight is 228 g/mol. The maximum atomic E-state index is 5.42. The summed E-state index contributed by atoms with van der Waals surface area (Å²) in [5.74, 6) is 0.813. The lowest BCUT2D eigenvalue weighted by Gasteiger charge is -2.37. The van der Waals surface area contributed by atoms with E-state index in [-0.39, 0.29) is 0 Å². The van der Waals surface area contributed by atoms with Gasteiger partial charge in [-0.2, -0.15) is 0 Å². The van der Waals surface area contributed by atoms with E-state index in [0.29, 0.717) is 5.41 Å². The average Bonchev–Trinajstić information content (AvgIpc) is 2.30. The Morgan fingerprint density at radius 3 is 2.38 bits per heavy atom. The molecule has 0 unspecified atom stereocenters. The molecule has 0 amide bonds. The minimum atomic E-state index is 0.399. The van der Waals surface area contributed by atoms with Crippen LogP contribution in [0.25, 0.3) is 0 Å². The predicted molar refractivity (Wildman–Crippen MR) is 68.7 cm³/mol. The minimum Gasteiger partial charge on any atom is -0.381 e. The Kier molecular flexibility index (Phi) is 6.32. The molecule has 1 aliphatic rings. The molecule has 0 atom stereocenters. The van der Waals surface area contributed by atoms with Gasteiger partial charge in [0.05, 0.1) is 0 Å². The molecule has 1 fully saturated rings. The second kappa shape index (κ2) is 7.25. The first kappa shape index (κ1) is 13.9. The lowest BCUT2D eigenvalue weighted by molar-refractivity contribution is 0.0229. The van der Waals surface area contributed by atoms with Crippen molar-refractivity contribution in [3.05, 3.63) is 0 Å². The molecule has 2 N–H and O–H groups in total. The van der Waals surface area contributed by atoms with Gasteiger partial charge < -0.3 is 15.4 Å². The van der Waals surface area contributed by atoms with Crippen LogP contribution in [-0.2, 0) is 4.74 Å². The molecule has 0 spiro atoms. The van der Waals surface area contributed by atoms with E-state index in [9.17, 15) is 0 Å². The predicted octanol–water partition coefficient (Wildman–Crippen LogP) is 1.64. The summed E-state index contributed by atoms with van der Waals surface area (Å²) in [7, 11) is 0. The molecule has 16 heavy (non-hydrogen) atoms. The summed E-state index contributed by atoms with van der Waals surface area (Å²) >= 11 is 0. The highest BCUT2D eigenvalue weighted by Crippen LogP contribution is 2.33. The van der Waals surface area contributed by atoms with Gasteiger partial charge in [0.2, 0.25) is 0 Å². The summed E-state index contributed by atoms with van der Waals surface area (Å²) in [6, 6.07) is 0. The van der Waals surface area contributed by atoms with Crippen molar-refractivity contribution in [2.45, 2.75) is 33.6 Å². The van der Waals surface area contributed by atoms with Crippen molar-refractivity contribution in [3.8, 4) is 0 Å². The lowest BCUT2D eigenvalue weighted by Crippen LogP contribution is -2.40. The Morgan fingerprint density at radius 2 is 1.75 bits per heavy atom. The van der Waals surface area contributed by atoms with Crippen molar-refractivity contribution in [2.24, 2.45) is 11.3 Å². The monoisotopic (exact) mass is 228 g/mol. The van der Waals surface area contributed by atoms with Gasteiger partial charge >= 0.3 is 0 Å². The van der Waals surface area contributed by atoms with Crippen LogP contribution in [0.1, 0.15) is 33.6 Å². The third kappa shape index (κ3) is 4.81. The molecular formula is C13H28N2O. The largest absolute Gasteiger partial charge is 0.381 e. The van der Waals surface area contributed by atoms with Gasteiger partial charge in [0.15, 0.2) is 0 Å². The van der Waals surface area contributed by atoms with E-state index in [1.807, 2.05) is 0 Å². The van der Waals surface area contributed by atoms with Gasteiger partial charge in [0.25, 0.3) is 0 Å². The summed E-state index contributed by atoms with van der Waals surface area (Å²) in [5.41, 5.74) is 0.399. The highest BCUT2D eigenvalue weighted by molar-refractivity contribution is 4.82. The van der Waals surface area contributed by atoms with Gasteiger partial charge in [-0.1, -0.05) is 20.8 Å². The van der Waals surface area contributed by atoms with E-state index in [1.165, 1.54) is 12.8 Å². The highest BCUT2D eigenvalue weighted by atomic mass is 16.5. The van der Waals surface area contributed by atoms with Gasteiger partial charge in [-0.3, -0.25) is 0 Å². The molecule has 0 bridgehead atoms. The molecule has 1 rings (SSSR count). The topological polar surface area (TPSA) is 33.3 Å². The highest BCUT2D eigenvalue weighted by Gasteiger charge is 2.30. The van der Waals surface area contributed by atoms with Crippen molar-refractivity contribution in [1.29, 1.82) is 0 Å². The Hall–Kier alpha value is -0.120. The summed E-state index contributed by atoms with van der Waals surface area (Å²) in [6.07, 6.45) is 2.45. The molecule has 0 aromatic heterocycles. The molecule has 1 heterocycles. The minimum absolute atomic E-state index is 0.399. The molecule has 0 aromatic carbocycles. The van der Waals surface area contributed by atoms with Crippen molar-refractivity contribution >= 4 is 0 Å². The zero-order valence-corrected chi connectivity index (χ0v) is 11.1. The fourth-order valence-electron chi connectivity index (χ4n) is 2.39. The van der Waals surface area contributed by atoms with Crippen LogP contribution in [-0.4, -0.2) is 39.4 Å². The second-order valence-electron chi connectivity index (χ2n) is 5.41. The van der Waals surface area contributed by atoms with Crippen LogP contribution in [0.3, 0.4) is 0 Å². The molecule has 1 aliphatic heterocycles. The Morgan fingerprint density at radius 1 is 1.12 bits per heavy atom. The van der Waals surface area contributed by atoms with Gasteiger partial charge in [0.1, 0.15) is 0 Å². The molecule has 0 aromatic rings. The van der Waals surface area contributed by atoms with Crippen LogP contribution in [0.2, 0.25) is 0 Å². The van der Waals surface area contributed by atoms with Crippen LogP contribution in [0.4, 0.5) is 0 Å². The molecule has 1 saturated heterocycles. The van der Waals surface area contributed by atoms with Gasteiger partial charge in [-0.15, -0.1) is 0 Å². The summed E-state index contributed by atoms with van der Waals surface area (Å²) in [6.45, 7) is 13.1. The Balaban J connectivity index is 2.16. The van der Waals surface area contributed by atoms with Gasteiger partial charge in [-0.05, 0) is 30.7 Å². The normalized spacial score (nSPS) is 18.9. The maximum Gasteiger partial charge on any atom is 0.0468 e. The molecule has 3 heteroatoms. The van der Waals surface area contributed by atoms with Gasteiger partial charge in [0, 0.05) is 32.8 Å². The fraction of sp³-hybridized carbons (Fsp3) is 1.00. The molecule has 0 aliphatic carbocycles. The van der Waals surface area contributed by atoms with Crippen molar-refractivity contribution in [3.63, 3.8) is 0 Å². The van der Waals surface area contributed by atoms with Crippen LogP contribution in [0.5, 0.6) is 0 Å². The van der Waals surface area contributed by atoms with Crippen LogP contribution < -0.4 is 10.6 Å². The quantitative estimate of drug-likeness (QED) is 0.650. The van der Waals surface area contributed by atoms with Crippen molar-refractivity contribution in [1.82, 2.24) is 10.6 Å². The third-order valence-corrected chi connectivity index (χ3v) is 3.64. The second-order valence-corrected chi connectivity index (χ2v) is 5.41. The van der Waals surface area contributed by atoms with E-state index in [4.69, 9.17) is 4.74 Å². The smallest absolute Gasteiger partial charge is 0.0468 e. The molecular weight excluding hydrogens is 200 g/mol. The summed E-state index contributed by atoms with van der Waals surface area (Å²) in [4.78, 5) is 0. The number of nitrogens with one attached hydrogen (secondary N) is 2. The number of rotatable bonds is 7. The Labute approximate surface area is 100 Å². The number of hydrogen-bond donors (Lipinski definition) is 2. The van der Waals surface area contributed by atoms with Crippen LogP contribution >= 0.6 is 0 Å². The summed E-state index contributed by atoms with van der Waals surface area (Å²) < 4.78 is 5.42.